The fraction of sp³-hybridized carbons (Fsp3) is 1.00. The predicted molar refractivity (Wildman–Crippen MR) is 68.0 cm³/mol. The first-order valence-electron chi connectivity index (χ1n) is 6.40. The Morgan fingerprint density at radius 2 is 1.86 bits per heavy atom. The van der Waals surface area contributed by atoms with Gasteiger partial charge in [-0.05, 0) is 31.1 Å². The van der Waals surface area contributed by atoms with Crippen molar-refractivity contribution in [2.24, 2.45) is 11.8 Å². The Labute approximate surface area is 95.3 Å². The van der Waals surface area contributed by atoms with Crippen LogP contribution in [0.4, 0.5) is 0 Å². The molecule has 14 heavy (non-hydrogen) atoms. The van der Waals surface area contributed by atoms with Gasteiger partial charge in [0.2, 0.25) is 0 Å². The molecule has 1 saturated carbocycles. The number of hydrogen-bond acceptors (Lipinski definition) is 1. The molecule has 1 fully saturated rings. The lowest BCUT2D eigenvalue weighted by Crippen LogP contribution is -2.13. The highest BCUT2D eigenvalue weighted by molar-refractivity contribution is 7.80. The van der Waals surface area contributed by atoms with Gasteiger partial charge in [0.1, 0.15) is 0 Å². The van der Waals surface area contributed by atoms with Crippen molar-refractivity contribution in [1.82, 2.24) is 0 Å². The summed E-state index contributed by atoms with van der Waals surface area (Å²) in [4.78, 5) is 0. The molecule has 0 bridgehead atoms. The molecule has 0 aromatic rings. The van der Waals surface area contributed by atoms with E-state index in [2.05, 4.69) is 26.5 Å². The Morgan fingerprint density at radius 1 is 1.21 bits per heavy atom. The van der Waals surface area contributed by atoms with Crippen LogP contribution in [-0.4, -0.2) is 5.25 Å². The Bertz CT molecular complexity index is 138. The van der Waals surface area contributed by atoms with Crippen LogP contribution in [0, 0.1) is 11.8 Å². The molecule has 0 aromatic heterocycles. The van der Waals surface area contributed by atoms with Gasteiger partial charge < -0.3 is 0 Å². The van der Waals surface area contributed by atoms with Gasteiger partial charge in [-0.25, -0.2) is 0 Å². The summed E-state index contributed by atoms with van der Waals surface area (Å²) in [6, 6.07) is 0. The lowest BCUT2D eigenvalue weighted by atomic mass is 9.82. The van der Waals surface area contributed by atoms with E-state index in [4.69, 9.17) is 0 Å². The summed E-state index contributed by atoms with van der Waals surface area (Å²) in [5.41, 5.74) is 0. The average Bonchev–Trinajstić information content (AvgIpc) is 2.19. The summed E-state index contributed by atoms with van der Waals surface area (Å²) < 4.78 is 0. The Kier molecular flexibility index (Phi) is 6.00. The minimum Gasteiger partial charge on any atom is -0.176 e. The Morgan fingerprint density at radius 3 is 2.43 bits per heavy atom. The molecule has 84 valence electrons. The second-order valence-corrected chi connectivity index (χ2v) is 5.87. The van der Waals surface area contributed by atoms with Crippen molar-refractivity contribution < 1.29 is 0 Å². The fourth-order valence-corrected chi connectivity index (χ4v) is 3.08. The summed E-state index contributed by atoms with van der Waals surface area (Å²) in [6.45, 7) is 4.65. The molecular weight excluding hydrogens is 188 g/mol. The molecule has 0 amide bonds. The van der Waals surface area contributed by atoms with Gasteiger partial charge in [-0.2, -0.15) is 12.6 Å². The van der Waals surface area contributed by atoms with E-state index in [1.54, 1.807) is 0 Å². The van der Waals surface area contributed by atoms with Crippen LogP contribution >= 0.6 is 12.6 Å². The second-order valence-electron chi connectivity index (χ2n) is 5.14. The molecule has 1 heteroatoms. The van der Waals surface area contributed by atoms with E-state index in [1.807, 2.05) is 0 Å². The zero-order valence-electron chi connectivity index (χ0n) is 9.84. The first-order valence-corrected chi connectivity index (χ1v) is 6.92. The van der Waals surface area contributed by atoms with E-state index in [1.165, 1.54) is 51.4 Å². The summed E-state index contributed by atoms with van der Waals surface area (Å²) in [7, 11) is 0. The van der Waals surface area contributed by atoms with Crippen molar-refractivity contribution in [2.75, 3.05) is 0 Å². The van der Waals surface area contributed by atoms with E-state index < -0.39 is 0 Å². The van der Waals surface area contributed by atoms with Crippen LogP contribution in [0.5, 0.6) is 0 Å². The van der Waals surface area contributed by atoms with E-state index in [0.717, 1.165) is 11.8 Å². The van der Waals surface area contributed by atoms with E-state index in [9.17, 15) is 0 Å². The molecule has 0 spiro atoms. The molecule has 2 atom stereocenters. The highest BCUT2D eigenvalue weighted by Crippen LogP contribution is 2.31. The summed E-state index contributed by atoms with van der Waals surface area (Å²) in [6.07, 6.45) is 11.4. The molecule has 0 aromatic carbocycles. The number of thiol groups is 1. The summed E-state index contributed by atoms with van der Waals surface area (Å²) >= 11 is 4.59. The molecule has 1 aliphatic rings. The third kappa shape index (κ3) is 4.72. The zero-order valence-corrected chi connectivity index (χ0v) is 10.7. The van der Waals surface area contributed by atoms with Crippen molar-refractivity contribution >= 4 is 12.6 Å². The molecular formula is C13H26S. The van der Waals surface area contributed by atoms with Gasteiger partial charge in [0.15, 0.2) is 0 Å². The molecule has 0 saturated heterocycles. The van der Waals surface area contributed by atoms with Crippen molar-refractivity contribution in [3.63, 3.8) is 0 Å². The maximum absolute atomic E-state index is 4.59. The molecule has 0 aliphatic heterocycles. The minimum atomic E-state index is 0.633. The van der Waals surface area contributed by atoms with Crippen LogP contribution < -0.4 is 0 Å². The molecule has 0 radical (unpaired) electrons. The quantitative estimate of drug-likeness (QED) is 0.631. The van der Waals surface area contributed by atoms with Gasteiger partial charge in [0.05, 0.1) is 0 Å². The first-order chi connectivity index (χ1) is 6.72. The van der Waals surface area contributed by atoms with Crippen LogP contribution in [0.15, 0.2) is 0 Å². The lowest BCUT2D eigenvalue weighted by molar-refractivity contribution is 0.288. The SMILES string of the molecule is CCC(S)CC(C)CC1CCCCC1. The normalized spacial score (nSPS) is 23.4. The number of hydrogen-bond donors (Lipinski definition) is 1. The van der Waals surface area contributed by atoms with Gasteiger partial charge in [0.25, 0.3) is 0 Å². The lowest BCUT2D eigenvalue weighted by Gasteiger charge is -2.25. The maximum atomic E-state index is 4.59. The summed E-state index contributed by atoms with van der Waals surface area (Å²) in [5.74, 6) is 1.93. The topological polar surface area (TPSA) is 0 Å². The molecule has 1 rings (SSSR count). The molecule has 2 unspecified atom stereocenters. The van der Waals surface area contributed by atoms with Gasteiger partial charge in [0, 0.05) is 5.25 Å². The molecule has 0 N–H and O–H groups in total. The van der Waals surface area contributed by atoms with Crippen molar-refractivity contribution in [3.05, 3.63) is 0 Å². The fourth-order valence-electron chi connectivity index (χ4n) is 2.72. The number of rotatable bonds is 5. The van der Waals surface area contributed by atoms with Gasteiger partial charge in [-0.1, -0.05) is 46.0 Å². The standard InChI is InChI=1S/C13H26S/c1-3-13(14)10-11(2)9-12-7-5-4-6-8-12/h11-14H,3-10H2,1-2H3. The van der Waals surface area contributed by atoms with Gasteiger partial charge in [-0.3, -0.25) is 0 Å². The molecule has 0 nitrogen and oxygen atoms in total. The van der Waals surface area contributed by atoms with Crippen LogP contribution in [0.2, 0.25) is 0 Å². The highest BCUT2D eigenvalue weighted by atomic mass is 32.1. The van der Waals surface area contributed by atoms with Crippen LogP contribution in [0.25, 0.3) is 0 Å². The van der Waals surface area contributed by atoms with E-state index in [-0.39, 0.29) is 0 Å². The summed E-state index contributed by atoms with van der Waals surface area (Å²) in [5, 5.41) is 0.633. The second kappa shape index (κ2) is 6.76. The van der Waals surface area contributed by atoms with E-state index in [0.29, 0.717) is 5.25 Å². The van der Waals surface area contributed by atoms with Crippen molar-refractivity contribution in [1.29, 1.82) is 0 Å². The largest absolute Gasteiger partial charge is 0.176 e. The smallest absolute Gasteiger partial charge is 0.00167 e. The van der Waals surface area contributed by atoms with Crippen molar-refractivity contribution in [2.45, 2.75) is 70.5 Å². The Hall–Kier alpha value is 0.350. The maximum Gasteiger partial charge on any atom is 0.00167 e. The van der Waals surface area contributed by atoms with Gasteiger partial charge >= 0.3 is 0 Å². The van der Waals surface area contributed by atoms with Crippen LogP contribution in [0.3, 0.4) is 0 Å². The third-order valence-electron chi connectivity index (χ3n) is 3.61. The minimum absolute atomic E-state index is 0.633. The van der Waals surface area contributed by atoms with Crippen LogP contribution in [-0.2, 0) is 0 Å². The van der Waals surface area contributed by atoms with Gasteiger partial charge in [-0.15, -0.1) is 0 Å². The van der Waals surface area contributed by atoms with Crippen LogP contribution in [0.1, 0.15) is 65.2 Å². The monoisotopic (exact) mass is 214 g/mol. The van der Waals surface area contributed by atoms with Crippen molar-refractivity contribution in [3.8, 4) is 0 Å². The van der Waals surface area contributed by atoms with E-state index >= 15 is 0 Å². The zero-order chi connectivity index (χ0) is 10.4. The Balaban J connectivity index is 2.14. The molecule has 0 heterocycles. The average molecular weight is 214 g/mol. The first kappa shape index (κ1) is 12.4. The third-order valence-corrected chi connectivity index (χ3v) is 4.18. The predicted octanol–water partition coefficient (Wildman–Crippen LogP) is 4.69. The highest BCUT2D eigenvalue weighted by Gasteiger charge is 2.17. The molecule has 1 aliphatic carbocycles.